The molecule has 1 aromatic heterocycles. The summed E-state index contributed by atoms with van der Waals surface area (Å²) in [6.45, 7) is 1.75. The summed E-state index contributed by atoms with van der Waals surface area (Å²) in [5, 5.41) is 9.54. The van der Waals surface area contributed by atoms with E-state index in [0.29, 0.717) is 22.3 Å². The first-order chi connectivity index (χ1) is 10.4. The number of rotatable bonds is 5. The number of oxazole rings is 1. The number of benzene rings is 1. The van der Waals surface area contributed by atoms with Gasteiger partial charge in [-0.15, -0.1) is 10.7 Å². The van der Waals surface area contributed by atoms with Crippen molar-refractivity contribution in [1.82, 2.24) is 10.0 Å². The number of likely N-dealkylation sites (N-methyl/N-ethyl adjacent to an activating group) is 1. The van der Waals surface area contributed by atoms with Gasteiger partial charge in [0.05, 0.1) is 11.4 Å². The summed E-state index contributed by atoms with van der Waals surface area (Å²) in [6, 6.07) is 6.71. The first kappa shape index (κ1) is 16.1. The molecule has 2 aromatic rings. The van der Waals surface area contributed by atoms with Crippen LogP contribution < -0.4 is 4.18 Å². The van der Waals surface area contributed by atoms with Crippen molar-refractivity contribution < 1.29 is 22.8 Å². The molecule has 0 aliphatic heterocycles. The zero-order chi connectivity index (χ0) is 16.3. The Morgan fingerprint density at radius 2 is 2.09 bits per heavy atom. The third-order valence-corrected chi connectivity index (χ3v) is 3.19. The molecule has 0 bridgehead atoms. The van der Waals surface area contributed by atoms with Crippen LogP contribution in [0.15, 0.2) is 28.7 Å². The van der Waals surface area contributed by atoms with Crippen molar-refractivity contribution in [2.75, 3.05) is 7.05 Å². The van der Waals surface area contributed by atoms with E-state index in [0.717, 1.165) is 5.56 Å². The molecule has 1 aromatic carbocycles. The number of amides is 1. The quantitative estimate of drug-likeness (QED) is 0.390. The van der Waals surface area contributed by atoms with Gasteiger partial charge in [-0.05, 0) is 31.2 Å². The molecule has 0 fully saturated rings. The summed E-state index contributed by atoms with van der Waals surface area (Å²) < 4.78 is 21.4. The van der Waals surface area contributed by atoms with Crippen LogP contribution in [-0.4, -0.2) is 34.1 Å². The summed E-state index contributed by atoms with van der Waals surface area (Å²) in [5.74, 6) is 3.88. The molecule has 1 amide bonds. The summed E-state index contributed by atoms with van der Waals surface area (Å²) >= 11 is 0. The molecule has 0 atom stereocenters. The van der Waals surface area contributed by atoms with Crippen LogP contribution >= 0.6 is 0 Å². The smallest absolute Gasteiger partial charge is 0.254 e. The lowest BCUT2D eigenvalue weighted by molar-refractivity contribution is -0.158. The van der Waals surface area contributed by atoms with Crippen molar-refractivity contribution in [2.24, 2.45) is 0 Å². The topological polar surface area (TPSA) is 92.9 Å². The number of hydroxylamine groups is 2. The van der Waals surface area contributed by atoms with Crippen molar-refractivity contribution in [2.45, 2.75) is 13.3 Å². The van der Waals surface area contributed by atoms with Crippen LogP contribution in [0.25, 0.3) is 11.3 Å². The van der Waals surface area contributed by atoms with Crippen LogP contribution in [0.5, 0.6) is 5.75 Å². The Morgan fingerprint density at radius 3 is 2.64 bits per heavy atom. The Labute approximate surface area is 129 Å². The minimum atomic E-state index is -1.63. The molecule has 0 aliphatic carbocycles. The molecular formula is C14H15N2O5S-. The van der Waals surface area contributed by atoms with Crippen molar-refractivity contribution in [3.8, 4) is 17.1 Å². The van der Waals surface area contributed by atoms with E-state index < -0.39 is 16.6 Å². The van der Waals surface area contributed by atoms with Crippen LogP contribution in [0.1, 0.15) is 11.6 Å². The number of nitrogens with zero attached hydrogens (tertiary/aromatic N) is 2. The fourth-order valence-electron chi connectivity index (χ4n) is 1.81. The van der Waals surface area contributed by atoms with Gasteiger partial charge in [0.1, 0.15) is 6.42 Å². The van der Waals surface area contributed by atoms with Crippen LogP contribution in [-0.2, 0) is 26.1 Å². The highest BCUT2D eigenvalue weighted by atomic mass is 32.2. The van der Waals surface area contributed by atoms with E-state index in [-0.39, 0.29) is 12.3 Å². The van der Waals surface area contributed by atoms with E-state index in [1.165, 1.54) is 7.05 Å². The van der Waals surface area contributed by atoms with Crippen molar-refractivity contribution >= 4 is 22.4 Å². The SMILES string of the molecule is C=[S-](=O)Oc1ccc(-c2oc(CC(=O)N(C)O)nc2C)cc1. The first-order valence-corrected chi connectivity index (χ1v) is 7.53. The van der Waals surface area contributed by atoms with Gasteiger partial charge in [0, 0.05) is 12.6 Å². The second kappa shape index (κ2) is 6.63. The Bertz CT molecular complexity index is 739. The van der Waals surface area contributed by atoms with E-state index >= 15 is 0 Å². The molecule has 2 rings (SSSR count). The maximum Gasteiger partial charge on any atom is 0.254 e. The fraction of sp³-hybridized carbons (Fsp3) is 0.214. The maximum absolute atomic E-state index is 11.4. The third kappa shape index (κ3) is 3.86. The van der Waals surface area contributed by atoms with Crippen LogP contribution in [0.2, 0.25) is 0 Å². The second-order valence-electron chi connectivity index (χ2n) is 4.53. The molecule has 0 unspecified atom stereocenters. The molecule has 1 N–H and O–H groups in total. The predicted octanol–water partition coefficient (Wildman–Crippen LogP) is 1.73. The van der Waals surface area contributed by atoms with Gasteiger partial charge in [-0.25, -0.2) is 10.0 Å². The number of aromatic nitrogens is 1. The average molecular weight is 323 g/mol. The number of hydrogen-bond acceptors (Lipinski definition) is 7. The van der Waals surface area contributed by atoms with Crippen molar-refractivity contribution in [1.29, 1.82) is 0 Å². The number of carbonyl (C=O) groups is 1. The van der Waals surface area contributed by atoms with Gasteiger partial charge in [0.25, 0.3) is 5.91 Å². The molecule has 118 valence electrons. The fourth-order valence-corrected chi connectivity index (χ4v) is 2.13. The number of hydrogen-bond donors (Lipinski definition) is 1. The average Bonchev–Trinajstić information content (AvgIpc) is 2.79. The van der Waals surface area contributed by atoms with Crippen LogP contribution in [0, 0.1) is 6.92 Å². The summed E-state index contributed by atoms with van der Waals surface area (Å²) in [7, 11) is -0.390. The standard InChI is InChI=1S/C14H15N2O5S/c1-9-14(20-12(15-9)8-13(17)16(2)18)10-4-6-11(7-5-10)21-22(3)19/h4-7,18H,3,8H2,1-2H3/q-1. The van der Waals surface area contributed by atoms with Gasteiger partial charge in [-0.1, -0.05) is 0 Å². The summed E-state index contributed by atoms with van der Waals surface area (Å²) in [5.41, 5.74) is 1.36. The Balaban J connectivity index is 2.22. The molecule has 0 aliphatic rings. The van der Waals surface area contributed by atoms with Gasteiger partial charge < -0.3 is 12.8 Å². The molecule has 1 heterocycles. The van der Waals surface area contributed by atoms with Crippen LogP contribution in [0.3, 0.4) is 0 Å². The number of aryl methyl sites for hydroxylation is 1. The minimum absolute atomic E-state index is 0.129. The summed E-state index contributed by atoms with van der Waals surface area (Å²) in [4.78, 5) is 15.6. The zero-order valence-corrected chi connectivity index (χ0v) is 12.9. The van der Waals surface area contributed by atoms with E-state index in [4.69, 9.17) is 13.8 Å². The van der Waals surface area contributed by atoms with Gasteiger partial charge in [0.15, 0.2) is 5.76 Å². The molecule has 7 nitrogen and oxygen atoms in total. The number of carbonyl (C=O) groups excluding carboxylic acids is 1. The van der Waals surface area contributed by atoms with Crippen molar-refractivity contribution in [3.63, 3.8) is 0 Å². The molecule has 22 heavy (non-hydrogen) atoms. The van der Waals surface area contributed by atoms with Gasteiger partial charge in [0.2, 0.25) is 5.89 Å². The minimum Gasteiger partial charge on any atom is -0.561 e. The lowest BCUT2D eigenvalue weighted by Gasteiger charge is -2.08. The second-order valence-corrected chi connectivity index (χ2v) is 5.30. The van der Waals surface area contributed by atoms with E-state index in [2.05, 4.69) is 10.9 Å². The molecule has 0 radical (unpaired) electrons. The lowest BCUT2D eigenvalue weighted by Crippen LogP contribution is -2.24. The zero-order valence-electron chi connectivity index (χ0n) is 12.1. The molecule has 0 saturated heterocycles. The largest absolute Gasteiger partial charge is 0.561 e. The molecule has 0 saturated carbocycles. The van der Waals surface area contributed by atoms with Gasteiger partial charge >= 0.3 is 0 Å². The monoisotopic (exact) mass is 323 g/mol. The highest BCUT2D eigenvalue weighted by Crippen LogP contribution is 2.26. The Hall–Kier alpha value is -2.32. The lowest BCUT2D eigenvalue weighted by atomic mass is 10.1. The Kier molecular flexibility index (Phi) is 4.84. The maximum atomic E-state index is 11.4. The van der Waals surface area contributed by atoms with Crippen LogP contribution in [0.4, 0.5) is 0 Å². The Morgan fingerprint density at radius 1 is 1.45 bits per heavy atom. The highest BCUT2D eigenvalue weighted by Gasteiger charge is 2.16. The van der Waals surface area contributed by atoms with Gasteiger partial charge in [-0.3, -0.25) is 10.0 Å². The normalized spacial score (nSPS) is 10.7. The highest BCUT2D eigenvalue weighted by molar-refractivity contribution is 7.77. The third-order valence-electron chi connectivity index (χ3n) is 2.81. The summed E-state index contributed by atoms with van der Waals surface area (Å²) in [6.07, 6.45) is -0.129. The van der Waals surface area contributed by atoms with Gasteiger partial charge in [-0.2, -0.15) is 5.87 Å². The van der Waals surface area contributed by atoms with Crippen molar-refractivity contribution in [3.05, 3.63) is 35.9 Å². The van der Waals surface area contributed by atoms with E-state index in [1.807, 2.05) is 0 Å². The van der Waals surface area contributed by atoms with E-state index in [1.54, 1.807) is 31.2 Å². The molecule has 0 spiro atoms. The van der Waals surface area contributed by atoms with E-state index in [9.17, 15) is 9.00 Å². The molecular weight excluding hydrogens is 308 g/mol. The molecule has 8 heteroatoms. The first-order valence-electron chi connectivity index (χ1n) is 6.29. The predicted molar refractivity (Wildman–Crippen MR) is 80.7 cm³/mol.